The predicted molar refractivity (Wildman–Crippen MR) is 59.6 cm³/mol. The third-order valence-electron chi connectivity index (χ3n) is 2.04. The molecule has 0 aliphatic carbocycles. The highest BCUT2D eigenvalue weighted by Crippen LogP contribution is 2.19. The van der Waals surface area contributed by atoms with E-state index in [9.17, 15) is 0 Å². The highest BCUT2D eigenvalue weighted by molar-refractivity contribution is 9.10. The zero-order valence-electron chi connectivity index (χ0n) is 7.92. The zero-order chi connectivity index (χ0) is 9.84. The molecule has 0 saturated heterocycles. The second-order valence-corrected chi connectivity index (χ2v) is 4.10. The molecule has 0 amide bonds. The third kappa shape index (κ3) is 2.79. The van der Waals surface area contributed by atoms with Gasteiger partial charge in [0.15, 0.2) is 0 Å². The van der Waals surface area contributed by atoms with Crippen LogP contribution in [0.15, 0.2) is 28.7 Å². The predicted octanol–water partition coefficient (Wildman–Crippen LogP) is 2.06. The van der Waals surface area contributed by atoms with Crippen LogP contribution in [0.25, 0.3) is 0 Å². The van der Waals surface area contributed by atoms with Crippen LogP contribution in [0.3, 0.4) is 0 Å². The second-order valence-electron chi connectivity index (χ2n) is 3.18. The molecule has 1 aromatic rings. The number of halogens is 1. The van der Waals surface area contributed by atoms with Gasteiger partial charge in [-0.25, -0.2) is 0 Å². The van der Waals surface area contributed by atoms with Gasteiger partial charge < -0.3 is 11.1 Å². The average molecular weight is 243 g/mol. The molecule has 0 heterocycles. The third-order valence-corrected chi connectivity index (χ3v) is 2.54. The first-order valence-electron chi connectivity index (χ1n) is 4.33. The van der Waals surface area contributed by atoms with Gasteiger partial charge in [0.2, 0.25) is 0 Å². The summed E-state index contributed by atoms with van der Waals surface area (Å²) in [5.74, 6) is 0. The number of nitrogens with one attached hydrogen (secondary N) is 1. The molecule has 0 fully saturated rings. The van der Waals surface area contributed by atoms with Crippen LogP contribution in [0.4, 0.5) is 0 Å². The van der Waals surface area contributed by atoms with E-state index in [1.54, 1.807) is 0 Å². The Kier molecular flexibility index (Phi) is 3.90. The quantitative estimate of drug-likeness (QED) is 0.852. The lowest BCUT2D eigenvalue weighted by Crippen LogP contribution is -2.33. The summed E-state index contributed by atoms with van der Waals surface area (Å²) < 4.78 is 1.09. The molecule has 2 atom stereocenters. The molecule has 0 saturated carbocycles. The maximum atomic E-state index is 5.85. The van der Waals surface area contributed by atoms with Crippen molar-refractivity contribution in [2.45, 2.75) is 19.0 Å². The lowest BCUT2D eigenvalue weighted by molar-refractivity contribution is 0.503. The van der Waals surface area contributed by atoms with Crippen LogP contribution in [0.1, 0.15) is 18.5 Å². The van der Waals surface area contributed by atoms with Gasteiger partial charge in [-0.2, -0.15) is 0 Å². The van der Waals surface area contributed by atoms with Gasteiger partial charge in [-0.15, -0.1) is 0 Å². The van der Waals surface area contributed by atoms with Crippen molar-refractivity contribution in [3.63, 3.8) is 0 Å². The van der Waals surface area contributed by atoms with Gasteiger partial charge in [0, 0.05) is 16.6 Å². The normalized spacial score (nSPS) is 15.4. The summed E-state index contributed by atoms with van der Waals surface area (Å²) in [7, 11) is 1.93. The van der Waals surface area contributed by atoms with Crippen LogP contribution in [0.5, 0.6) is 0 Å². The van der Waals surface area contributed by atoms with Gasteiger partial charge in [-0.05, 0) is 31.7 Å². The molecule has 13 heavy (non-hydrogen) atoms. The van der Waals surface area contributed by atoms with Crippen LogP contribution in [0.2, 0.25) is 0 Å². The average Bonchev–Trinajstić information content (AvgIpc) is 2.04. The maximum absolute atomic E-state index is 5.85. The minimum atomic E-state index is 0.110. The fourth-order valence-corrected chi connectivity index (χ4v) is 1.85. The van der Waals surface area contributed by atoms with Crippen LogP contribution in [0, 0.1) is 0 Å². The highest BCUT2D eigenvalue weighted by Gasteiger charge is 2.13. The van der Waals surface area contributed by atoms with Crippen molar-refractivity contribution >= 4 is 15.9 Å². The molecule has 72 valence electrons. The van der Waals surface area contributed by atoms with Gasteiger partial charge in [0.05, 0.1) is 0 Å². The summed E-state index contributed by atoms with van der Waals surface area (Å²) in [6.45, 7) is 2.00. The van der Waals surface area contributed by atoms with Crippen molar-refractivity contribution in [3.8, 4) is 0 Å². The van der Waals surface area contributed by atoms with E-state index in [0.717, 1.165) is 4.47 Å². The first-order chi connectivity index (χ1) is 6.15. The summed E-state index contributed by atoms with van der Waals surface area (Å²) in [4.78, 5) is 0. The molecule has 3 N–H and O–H groups in total. The number of likely N-dealkylation sites (N-methyl/N-ethyl adjacent to an activating group) is 1. The number of hydrogen-bond acceptors (Lipinski definition) is 2. The molecule has 1 rings (SSSR count). The van der Waals surface area contributed by atoms with Crippen LogP contribution < -0.4 is 11.1 Å². The minimum absolute atomic E-state index is 0.110. The first kappa shape index (κ1) is 10.7. The van der Waals surface area contributed by atoms with Gasteiger partial charge in [0.25, 0.3) is 0 Å². The second kappa shape index (κ2) is 4.74. The number of hydrogen-bond donors (Lipinski definition) is 2. The van der Waals surface area contributed by atoms with Crippen molar-refractivity contribution in [2.75, 3.05) is 7.05 Å². The lowest BCUT2D eigenvalue weighted by atomic mass is 10.0. The van der Waals surface area contributed by atoms with Gasteiger partial charge in [-0.3, -0.25) is 0 Å². The van der Waals surface area contributed by atoms with E-state index in [4.69, 9.17) is 5.73 Å². The Morgan fingerprint density at radius 2 is 2.15 bits per heavy atom. The Balaban J connectivity index is 2.91. The Morgan fingerprint density at radius 3 is 2.62 bits per heavy atom. The van der Waals surface area contributed by atoms with E-state index in [1.165, 1.54) is 5.56 Å². The molecular weight excluding hydrogens is 228 g/mol. The monoisotopic (exact) mass is 242 g/mol. The molecule has 1 aromatic carbocycles. The molecule has 0 radical (unpaired) electrons. The number of nitrogens with two attached hydrogens (primary N) is 1. The zero-order valence-corrected chi connectivity index (χ0v) is 9.51. The van der Waals surface area contributed by atoms with Crippen molar-refractivity contribution in [2.24, 2.45) is 5.73 Å². The Bertz CT molecular complexity index is 273. The van der Waals surface area contributed by atoms with Gasteiger partial charge in [-0.1, -0.05) is 28.1 Å². The highest BCUT2D eigenvalue weighted by atomic mass is 79.9. The molecule has 0 aliphatic rings. The van der Waals surface area contributed by atoms with Crippen LogP contribution >= 0.6 is 15.9 Å². The minimum Gasteiger partial charge on any atom is -0.326 e. The summed E-state index contributed by atoms with van der Waals surface area (Å²) in [6.07, 6.45) is 0. The Hall–Kier alpha value is -0.380. The molecule has 2 nitrogen and oxygen atoms in total. The van der Waals surface area contributed by atoms with E-state index in [2.05, 4.69) is 33.4 Å². The maximum Gasteiger partial charge on any atom is 0.0468 e. The van der Waals surface area contributed by atoms with Gasteiger partial charge in [0.1, 0.15) is 0 Å². The van der Waals surface area contributed by atoms with E-state index in [0.29, 0.717) is 0 Å². The molecule has 2 unspecified atom stereocenters. The molecule has 0 aliphatic heterocycles. The van der Waals surface area contributed by atoms with E-state index < -0.39 is 0 Å². The topological polar surface area (TPSA) is 38.0 Å². The van der Waals surface area contributed by atoms with Gasteiger partial charge >= 0.3 is 0 Å². The molecule has 0 aromatic heterocycles. The molecular formula is C10H15BrN2. The smallest absolute Gasteiger partial charge is 0.0468 e. The molecule has 0 spiro atoms. The fourth-order valence-electron chi connectivity index (χ4n) is 1.43. The number of benzene rings is 1. The van der Waals surface area contributed by atoms with Crippen molar-refractivity contribution in [1.29, 1.82) is 0 Å². The van der Waals surface area contributed by atoms with E-state index in [-0.39, 0.29) is 12.1 Å². The Labute approximate surface area is 87.6 Å². The van der Waals surface area contributed by atoms with Crippen molar-refractivity contribution in [3.05, 3.63) is 34.3 Å². The van der Waals surface area contributed by atoms with Crippen molar-refractivity contribution in [1.82, 2.24) is 5.32 Å². The Morgan fingerprint density at radius 1 is 1.46 bits per heavy atom. The standard InChI is InChI=1S/C10H15BrN2/c1-7(12)10(13-2)8-4-3-5-9(11)6-8/h3-7,10,13H,12H2,1-2H3. The first-order valence-corrected chi connectivity index (χ1v) is 5.12. The van der Waals surface area contributed by atoms with E-state index in [1.807, 2.05) is 26.1 Å². The SMILES string of the molecule is CNC(c1cccc(Br)c1)C(C)N. The van der Waals surface area contributed by atoms with Crippen LogP contribution in [-0.2, 0) is 0 Å². The molecule has 0 bridgehead atoms. The summed E-state index contributed by atoms with van der Waals surface area (Å²) >= 11 is 3.44. The van der Waals surface area contributed by atoms with Crippen molar-refractivity contribution < 1.29 is 0 Å². The summed E-state index contributed by atoms with van der Waals surface area (Å²) in [6, 6.07) is 8.53. The molecule has 3 heteroatoms. The lowest BCUT2D eigenvalue weighted by Gasteiger charge is -2.20. The van der Waals surface area contributed by atoms with E-state index >= 15 is 0 Å². The number of rotatable bonds is 3. The van der Waals surface area contributed by atoms with Crippen LogP contribution in [-0.4, -0.2) is 13.1 Å². The summed E-state index contributed by atoms with van der Waals surface area (Å²) in [5.41, 5.74) is 7.07. The fraction of sp³-hybridized carbons (Fsp3) is 0.400. The summed E-state index contributed by atoms with van der Waals surface area (Å²) in [5, 5.41) is 3.20. The largest absolute Gasteiger partial charge is 0.326 e.